The van der Waals surface area contributed by atoms with E-state index in [9.17, 15) is 13.2 Å². The summed E-state index contributed by atoms with van der Waals surface area (Å²) in [6, 6.07) is 4.19. The number of aromatic nitrogens is 2. The van der Waals surface area contributed by atoms with E-state index >= 15 is 0 Å². The molecule has 3 N–H and O–H groups in total. The van der Waals surface area contributed by atoms with E-state index in [4.69, 9.17) is 16.3 Å². The van der Waals surface area contributed by atoms with E-state index in [0.29, 0.717) is 17.6 Å². The molecule has 2 aliphatic heterocycles. The Kier molecular flexibility index (Phi) is 9.10. The number of carbonyl (C=O) groups is 1. The van der Waals surface area contributed by atoms with E-state index in [-0.39, 0.29) is 28.8 Å². The highest BCUT2D eigenvalue weighted by Gasteiger charge is 2.37. The molecule has 0 radical (unpaired) electrons. The van der Waals surface area contributed by atoms with Gasteiger partial charge in [0.25, 0.3) is 0 Å². The molecular formula is C30H42ClN7O4S. The first kappa shape index (κ1) is 31.3. The number of piperidine rings is 1. The number of rotatable bonds is 10. The fourth-order valence-corrected chi connectivity index (χ4v) is 6.91. The molecular weight excluding hydrogens is 590 g/mol. The third kappa shape index (κ3) is 7.02. The monoisotopic (exact) mass is 631 g/mol. The zero-order valence-corrected chi connectivity index (χ0v) is 27.2. The molecule has 1 aliphatic carbocycles. The quantitative estimate of drug-likeness (QED) is 0.332. The lowest BCUT2D eigenvalue weighted by Gasteiger charge is -2.34. The molecule has 5 rings (SSSR count). The Morgan fingerprint density at radius 2 is 1.81 bits per heavy atom. The van der Waals surface area contributed by atoms with Gasteiger partial charge in [0, 0.05) is 32.3 Å². The summed E-state index contributed by atoms with van der Waals surface area (Å²) >= 11 is 6.45. The smallest absolute Gasteiger partial charge is 0.229 e. The first-order chi connectivity index (χ1) is 20.3. The summed E-state index contributed by atoms with van der Waals surface area (Å²) in [5, 5.41) is 6.74. The van der Waals surface area contributed by atoms with Crippen molar-refractivity contribution in [2.75, 3.05) is 30.8 Å². The summed E-state index contributed by atoms with van der Waals surface area (Å²) in [6.45, 7) is 10.8. The van der Waals surface area contributed by atoms with Gasteiger partial charge in [-0.2, -0.15) is 4.98 Å². The van der Waals surface area contributed by atoms with Gasteiger partial charge in [0.2, 0.25) is 11.9 Å². The molecule has 234 valence electrons. The number of ether oxygens (including phenoxy) is 1. The molecule has 11 nitrogen and oxygen atoms in total. The normalized spacial score (nSPS) is 19.7. The van der Waals surface area contributed by atoms with E-state index in [1.165, 1.54) is 11.8 Å². The van der Waals surface area contributed by atoms with Gasteiger partial charge in [0.05, 0.1) is 28.9 Å². The maximum absolute atomic E-state index is 13.0. The molecule has 1 aromatic carbocycles. The molecule has 0 bridgehead atoms. The van der Waals surface area contributed by atoms with Gasteiger partial charge in [-0.1, -0.05) is 25.4 Å². The van der Waals surface area contributed by atoms with Gasteiger partial charge in [-0.15, -0.1) is 0 Å². The lowest BCUT2D eigenvalue weighted by Crippen LogP contribution is -2.43. The zero-order chi connectivity index (χ0) is 31.1. The second-order valence-corrected chi connectivity index (χ2v) is 15.3. The maximum Gasteiger partial charge on any atom is 0.229 e. The number of amides is 1. The topological polar surface area (TPSA) is 129 Å². The average molecular weight is 632 g/mol. The van der Waals surface area contributed by atoms with Gasteiger partial charge in [-0.05, 0) is 75.6 Å². The largest absolute Gasteiger partial charge is 0.488 e. The highest BCUT2D eigenvalue weighted by Crippen LogP contribution is 2.40. The number of hydrogen-bond acceptors (Lipinski definition) is 10. The number of likely N-dealkylation sites (tertiary alicyclic amines) is 1. The number of hydrazine groups is 1. The molecule has 1 saturated heterocycles. The van der Waals surface area contributed by atoms with Crippen LogP contribution in [0.15, 0.2) is 30.2 Å². The third-order valence-electron chi connectivity index (χ3n) is 8.10. The van der Waals surface area contributed by atoms with E-state index in [0.717, 1.165) is 55.8 Å². The van der Waals surface area contributed by atoms with Crippen LogP contribution in [-0.2, 0) is 14.6 Å². The van der Waals surface area contributed by atoms with Crippen molar-refractivity contribution >= 4 is 44.8 Å². The molecule has 43 heavy (non-hydrogen) atoms. The van der Waals surface area contributed by atoms with Crippen LogP contribution >= 0.6 is 11.6 Å². The molecule has 1 saturated carbocycles. The van der Waals surface area contributed by atoms with Crippen LogP contribution in [0.25, 0.3) is 0 Å². The van der Waals surface area contributed by atoms with Crippen molar-refractivity contribution in [2.45, 2.75) is 82.9 Å². The van der Waals surface area contributed by atoms with Crippen LogP contribution in [0, 0.1) is 12.8 Å². The lowest BCUT2D eigenvalue weighted by molar-refractivity contribution is -0.135. The Hall–Kier alpha value is -3.09. The van der Waals surface area contributed by atoms with Crippen LogP contribution in [0.2, 0.25) is 5.02 Å². The van der Waals surface area contributed by atoms with Crippen molar-refractivity contribution < 1.29 is 17.9 Å². The highest BCUT2D eigenvalue weighted by molar-refractivity contribution is 7.92. The van der Waals surface area contributed by atoms with Crippen molar-refractivity contribution in [3.63, 3.8) is 0 Å². The van der Waals surface area contributed by atoms with Gasteiger partial charge in [-0.3, -0.25) is 4.79 Å². The summed E-state index contributed by atoms with van der Waals surface area (Å²) in [5.74, 6) is 1.89. The molecule has 13 heteroatoms. The van der Waals surface area contributed by atoms with Crippen LogP contribution in [0.3, 0.4) is 0 Å². The Balaban J connectivity index is 1.37. The predicted octanol–water partition coefficient (Wildman–Crippen LogP) is 4.94. The van der Waals surface area contributed by atoms with Crippen molar-refractivity contribution in [3.05, 3.63) is 46.4 Å². The second kappa shape index (κ2) is 12.5. The number of halogens is 1. The van der Waals surface area contributed by atoms with Crippen LogP contribution < -0.4 is 20.8 Å². The lowest BCUT2D eigenvalue weighted by atomic mass is 9.86. The van der Waals surface area contributed by atoms with Crippen molar-refractivity contribution in [2.24, 2.45) is 5.92 Å². The highest BCUT2D eigenvalue weighted by atomic mass is 35.5. The summed E-state index contributed by atoms with van der Waals surface area (Å²) in [7, 11) is -1.78. The molecule has 1 atom stereocenters. The predicted molar refractivity (Wildman–Crippen MR) is 169 cm³/mol. The Morgan fingerprint density at radius 1 is 1.12 bits per heavy atom. The first-order valence-corrected chi connectivity index (χ1v) is 16.9. The number of hydrogen-bond donors (Lipinski definition) is 3. The summed E-state index contributed by atoms with van der Waals surface area (Å²) in [6.07, 6.45) is 7.19. The minimum atomic E-state index is -3.51. The molecule has 1 unspecified atom stereocenters. The Morgan fingerprint density at radius 3 is 2.44 bits per heavy atom. The standard InChI is InChI=1S/C30H42ClN7O4S/c1-17(2)29(39)38-11-9-20(10-12-38)22-14-26(42-21-7-8-21)24(13-19(22)5)34-30-32-15-23(31)27(35-30)33-25-16-37(6)36-28(25)43(40,41)18(3)4/h13-18,20-21,28,36H,7-12H2,1-6H3,(H2,32,33,34,35). The molecule has 3 aliphatic rings. The fraction of sp³-hybridized carbons (Fsp3) is 0.567. The number of nitrogens with one attached hydrogen (secondary N) is 3. The van der Waals surface area contributed by atoms with E-state index in [2.05, 4.69) is 45.1 Å². The van der Waals surface area contributed by atoms with Crippen LogP contribution in [0.1, 0.15) is 70.4 Å². The second-order valence-electron chi connectivity index (χ2n) is 12.3. The van der Waals surface area contributed by atoms with Crippen LogP contribution in [0.5, 0.6) is 5.75 Å². The number of sulfone groups is 1. The fourth-order valence-electron chi connectivity index (χ4n) is 5.44. The molecule has 1 amide bonds. The molecule has 3 heterocycles. The van der Waals surface area contributed by atoms with E-state index < -0.39 is 20.5 Å². The minimum absolute atomic E-state index is 0.00962. The van der Waals surface area contributed by atoms with Crippen LogP contribution in [0.4, 0.5) is 17.5 Å². The number of aryl methyl sites for hydroxylation is 1. The van der Waals surface area contributed by atoms with Crippen molar-refractivity contribution in [1.29, 1.82) is 0 Å². The van der Waals surface area contributed by atoms with Crippen molar-refractivity contribution in [1.82, 2.24) is 25.3 Å². The van der Waals surface area contributed by atoms with Gasteiger partial charge < -0.3 is 25.3 Å². The number of carbonyl (C=O) groups excluding carboxylic acids is 1. The number of anilines is 3. The average Bonchev–Trinajstić information content (AvgIpc) is 3.70. The van der Waals surface area contributed by atoms with Crippen molar-refractivity contribution in [3.8, 4) is 5.75 Å². The summed E-state index contributed by atoms with van der Waals surface area (Å²) < 4.78 is 32.3. The molecule has 2 aromatic rings. The minimum Gasteiger partial charge on any atom is -0.488 e. The van der Waals surface area contributed by atoms with E-state index in [1.807, 2.05) is 18.7 Å². The van der Waals surface area contributed by atoms with Crippen LogP contribution in [-0.4, -0.2) is 71.1 Å². The Labute approximate surface area is 259 Å². The maximum atomic E-state index is 13.0. The van der Waals surface area contributed by atoms with E-state index in [1.54, 1.807) is 32.1 Å². The SMILES string of the molecule is Cc1cc(Nc2ncc(Cl)c(NC3=CN(C)NC3S(=O)(=O)C(C)C)n2)c(OC2CC2)cc1C1CCN(C(=O)C(C)C)CC1. The number of benzene rings is 1. The number of nitrogens with zero attached hydrogens (tertiary/aromatic N) is 4. The summed E-state index contributed by atoms with van der Waals surface area (Å²) in [5.41, 5.74) is 6.48. The van der Waals surface area contributed by atoms with Gasteiger partial charge in [-0.25, -0.2) is 18.8 Å². The van der Waals surface area contributed by atoms with Gasteiger partial charge in [0.1, 0.15) is 10.8 Å². The first-order valence-electron chi connectivity index (χ1n) is 14.9. The van der Waals surface area contributed by atoms with Gasteiger partial charge in [0.15, 0.2) is 21.0 Å². The summed E-state index contributed by atoms with van der Waals surface area (Å²) in [4.78, 5) is 23.4. The molecule has 0 spiro atoms. The third-order valence-corrected chi connectivity index (χ3v) is 10.7. The van der Waals surface area contributed by atoms with Gasteiger partial charge >= 0.3 is 0 Å². The Bertz CT molecular complexity index is 1500. The molecule has 1 aromatic heterocycles. The zero-order valence-electron chi connectivity index (χ0n) is 25.6. The molecule has 2 fully saturated rings.